The predicted molar refractivity (Wildman–Crippen MR) is 103 cm³/mol. The summed E-state index contributed by atoms with van der Waals surface area (Å²) >= 11 is 9.70. The molecule has 11 heteroatoms. The molecule has 2 N–H and O–H groups in total. The number of carbonyl (C=O) groups is 1. The van der Waals surface area contributed by atoms with Gasteiger partial charge in [0.05, 0.1) is 17.6 Å². The smallest absolute Gasteiger partial charge is 0.280 e. The van der Waals surface area contributed by atoms with Crippen molar-refractivity contribution in [3.05, 3.63) is 49.8 Å². The number of hydrogen-bond donors (Lipinski definition) is 2. The van der Waals surface area contributed by atoms with Crippen molar-refractivity contribution >= 4 is 60.7 Å². The second-order valence-electron chi connectivity index (χ2n) is 5.00. The van der Waals surface area contributed by atoms with Gasteiger partial charge in [0.2, 0.25) is 5.91 Å². The van der Waals surface area contributed by atoms with Gasteiger partial charge in [-0.2, -0.15) is 17.4 Å². The van der Waals surface area contributed by atoms with E-state index in [4.69, 9.17) is 19.8 Å². The first-order valence-corrected chi connectivity index (χ1v) is 10.3. The molecule has 6 nitrogen and oxygen atoms in total. The van der Waals surface area contributed by atoms with E-state index in [0.29, 0.717) is 3.79 Å². The third-order valence-electron chi connectivity index (χ3n) is 3.23. The Kier molecular flexibility index (Phi) is 3.82. The number of rotatable bonds is 3. The molecule has 1 saturated heterocycles. The van der Waals surface area contributed by atoms with Crippen LogP contribution in [-0.4, -0.2) is 31.6 Å². The number of halogens is 3. The Morgan fingerprint density at radius 2 is 2.35 bits per heavy atom. The summed E-state index contributed by atoms with van der Waals surface area (Å²) < 4.78 is 89.9. The van der Waals surface area contributed by atoms with Crippen LogP contribution in [0.25, 0.3) is 0 Å². The molecule has 3 rings (SSSR count). The molecule has 1 fully saturated rings. The molecule has 1 aliphatic heterocycles. The third-order valence-corrected chi connectivity index (χ3v) is 6.33. The van der Waals surface area contributed by atoms with E-state index < -0.39 is 56.7 Å². The predicted octanol–water partition coefficient (Wildman–Crippen LogP) is 3.52. The zero-order chi connectivity index (χ0) is 24.3. The fourth-order valence-electron chi connectivity index (χ4n) is 2.05. The Labute approximate surface area is 176 Å². The second-order valence-corrected chi connectivity index (χ2v) is 9.39. The van der Waals surface area contributed by atoms with Crippen molar-refractivity contribution in [2.24, 2.45) is 0 Å². The molecule has 2 heterocycles. The van der Waals surface area contributed by atoms with Gasteiger partial charge in [-0.15, -0.1) is 11.3 Å². The molecule has 1 amide bonds. The van der Waals surface area contributed by atoms with Gasteiger partial charge in [-0.25, -0.2) is 4.39 Å². The highest BCUT2D eigenvalue weighted by Crippen LogP contribution is 2.34. The van der Waals surface area contributed by atoms with E-state index in [1.807, 2.05) is 4.72 Å². The Balaban J connectivity index is 2.17. The van der Waals surface area contributed by atoms with Crippen LogP contribution in [-0.2, 0) is 15.0 Å². The molecule has 1 aromatic carbocycles. The first-order chi connectivity index (χ1) is 14.5. The van der Waals surface area contributed by atoms with Crippen molar-refractivity contribution in [3.63, 3.8) is 0 Å². The van der Waals surface area contributed by atoms with E-state index >= 15 is 0 Å². The van der Waals surface area contributed by atoms with Gasteiger partial charge in [0.15, 0.2) is 0 Å². The zero-order valence-corrected chi connectivity index (χ0v) is 16.6. The van der Waals surface area contributed by atoms with Crippen molar-refractivity contribution in [1.82, 2.24) is 9.03 Å². The SMILES string of the molecule is [2H]C1C([2H])(c2ccc(Br)s2)NS(=O)(=O)N(C([2H])([2H])[2H])C1([2H])C(=O)Nc1ccc(F)c(Cl)c1. The average Bonchev–Trinajstić information content (AvgIpc) is 3.08. The van der Waals surface area contributed by atoms with Crippen LogP contribution < -0.4 is 10.0 Å². The molecule has 3 atom stereocenters. The van der Waals surface area contributed by atoms with Gasteiger partial charge in [0.25, 0.3) is 10.2 Å². The lowest BCUT2D eigenvalue weighted by Gasteiger charge is -2.35. The van der Waals surface area contributed by atoms with Crippen molar-refractivity contribution in [2.75, 3.05) is 12.3 Å². The Morgan fingerprint density at radius 3 is 2.96 bits per heavy atom. The van der Waals surface area contributed by atoms with Gasteiger partial charge >= 0.3 is 0 Å². The van der Waals surface area contributed by atoms with E-state index in [-0.39, 0.29) is 10.6 Å². The highest BCUT2D eigenvalue weighted by atomic mass is 79.9. The first-order valence-electron chi connectivity index (χ1n) is 9.90. The Morgan fingerprint density at radius 1 is 1.58 bits per heavy atom. The third kappa shape index (κ3) is 4.10. The van der Waals surface area contributed by atoms with E-state index in [0.717, 1.165) is 29.5 Å². The monoisotopic (exact) mass is 487 g/mol. The fourth-order valence-corrected chi connectivity index (χ4v) is 4.58. The Hall–Kier alpha value is -1.04. The molecule has 0 saturated carbocycles. The fraction of sp³-hybridized carbons (Fsp3) is 0.267. The summed E-state index contributed by atoms with van der Waals surface area (Å²) in [6, 6.07) is -0.192. The number of benzene rings is 1. The molecular formula is C15H14BrClFN3O3S2. The number of anilines is 1. The van der Waals surface area contributed by atoms with Gasteiger partial charge in [0, 0.05) is 23.0 Å². The molecule has 0 bridgehead atoms. The summed E-state index contributed by atoms with van der Waals surface area (Å²) in [6.45, 7) is -3.55. The quantitative estimate of drug-likeness (QED) is 0.694. The maximum absolute atomic E-state index is 13.4. The van der Waals surface area contributed by atoms with Crippen molar-refractivity contribution < 1.29 is 25.8 Å². The molecule has 3 unspecified atom stereocenters. The normalized spacial score (nSPS) is 35.3. The average molecular weight is 489 g/mol. The number of amides is 1. The molecule has 1 aliphatic rings. The van der Waals surface area contributed by atoms with Crippen LogP contribution in [0.2, 0.25) is 5.02 Å². The highest BCUT2D eigenvalue weighted by Gasteiger charge is 2.41. The summed E-state index contributed by atoms with van der Waals surface area (Å²) in [4.78, 5) is 13.1. The summed E-state index contributed by atoms with van der Waals surface area (Å²) in [6.07, 6.45) is -2.28. The minimum Gasteiger partial charge on any atom is -0.325 e. The molecule has 1 aromatic heterocycles. The van der Waals surface area contributed by atoms with Gasteiger partial charge in [-0.3, -0.25) is 4.79 Å². The highest BCUT2D eigenvalue weighted by molar-refractivity contribution is 9.11. The number of likely N-dealkylation sites (N-methyl/N-ethyl adjacent to an activating group) is 1. The summed E-state index contributed by atoms with van der Waals surface area (Å²) in [5.41, 5.74) is -0.170. The molecular weight excluding hydrogens is 469 g/mol. The number of nitrogens with zero attached hydrogens (tertiary/aromatic N) is 1. The molecule has 0 aliphatic carbocycles. The van der Waals surface area contributed by atoms with Gasteiger partial charge in [0.1, 0.15) is 11.8 Å². The van der Waals surface area contributed by atoms with Gasteiger partial charge in [-0.05, 0) is 52.7 Å². The standard InChI is InChI=1S/C15H14BrClFN3O3S2/c1-21-12(15(22)19-8-2-3-10(18)9(17)6-8)7-11(20-26(21,23)24)13-4-5-14(16)25-13/h2-6,11-12,20H,7H2,1H3,(H,19,22)/i1D3,7D,11D,12D. The maximum atomic E-state index is 13.4. The van der Waals surface area contributed by atoms with E-state index in [1.54, 1.807) is 0 Å². The lowest BCUT2D eigenvalue weighted by atomic mass is 10.1. The molecule has 26 heavy (non-hydrogen) atoms. The van der Waals surface area contributed by atoms with E-state index in [2.05, 4.69) is 21.2 Å². The summed E-state index contributed by atoms with van der Waals surface area (Å²) in [7, 11) is -5.15. The van der Waals surface area contributed by atoms with Crippen LogP contribution in [0.15, 0.2) is 34.1 Å². The Bertz CT molecular complexity index is 1190. The largest absolute Gasteiger partial charge is 0.325 e. The molecule has 0 spiro atoms. The second kappa shape index (κ2) is 7.53. The van der Waals surface area contributed by atoms with E-state index in [9.17, 15) is 17.6 Å². The summed E-state index contributed by atoms with van der Waals surface area (Å²) in [5, 5.41) is 1.72. The van der Waals surface area contributed by atoms with Crippen LogP contribution in [0.3, 0.4) is 0 Å². The van der Waals surface area contributed by atoms with Crippen LogP contribution in [0.1, 0.15) is 25.5 Å². The lowest BCUT2D eigenvalue weighted by Crippen LogP contribution is -2.55. The van der Waals surface area contributed by atoms with Crippen LogP contribution in [0.5, 0.6) is 0 Å². The van der Waals surface area contributed by atoms with Crippen LogP contribution >= 0.6 is 38.9 Å². The van der Waals surface area contributed by atoms with Crippen LogP contribution in [0, 0.1) is 5.82 Å². The number of hydrogen-bond acceptors (Lipinski definition) is 4. The topological polar surface area (TPSA) is 78.5 Å². The van der Waals surface area contributed by atoms with Crippen molar-refractivity contribution in [2.45, 2.75) is 18.4 Å². The number of thiophene rings is 1. The minimum absolute atomic E-state index is 0.0487. The minimum atomic E-state index is -5.15. The van der Waals surface area contributed by atoms with E-state index in [1.165, 1.54) is 12.1 Å². The van der Waals surface area contributed by atoms with Gasteiger partial charge in [-0.1, -0.05) is 11.6 Å². The van der Waals surface area contributed by atoms with Crippen molar-refractivity contribution in [3.8, 4) is 0 Å². The maximum Gasteiger partial charge on any atom is 0.280 e. The number of carbonyl (C=O) groups excluding carboxylic acids is 1. The molecule has 140 valence electrons. The molecule has 2 aromatic rings. The first kappa shape index (κ1) is 13.2. The van der Waals surface area contributed by atoms with Crippen LogP contribution in [0.4, 0.5) is 10.1 Å². The zero-order valence-electron chi connectivity index (χ0n) is 18.6. The molecule has 0 radical (unpaired) electrons. The summed E-state index contributed by atoms with van der Waals surface area (Å²) in [5.74, 6) is -2.35. The van der Waals surface area contributed by atoms with Crippen molar-refractivity contribution in [1.29, 1.82) is 0 Å². The van der Waals surface area contributed by atoms with Gasteiger partial charge < -0.3 is 5.32 Å². The number of nitrogens with one attached hydrogen (secondary N) is 2. The lowest BCUT2D eigenvalue weighted by molar-refractivity contribution is -0.120.